The molecule has 1 aromatic heterocycles. The Morgan fingerprint density at radius 2 is 2.19 bits per heavy atom. The minimum atomic E-state index is -0.0445. The molecule has 0 unspecified atom stereocenters. The molecule has 0 aliphatic heterocycles. The highest BCUT2D eigenvalue weighted by atomic mass is 16.3. The molecule has 0 atom stereocenters. The van der Waals surface area contributed by atoms with Gasteiger partial charge >= 0.3 is 0 Å². The molecule has 0 aromatic carbocycles. The van der Waals surface area contributed by atoms with Gasteiger partial charge in [0.1, 0.15) is 6.54 Å². The number of hydrogen-bond acceptors (Lipinski definition) is 3. The minimum Gasteiger partial charge on any atom is -0.392 e. The second-order valence-electron chi connectivity index (χ2n) is 3.82. The van der Waals surface area contributed by atoms with Crippen LogP contribution < -0.4 is 5.32 Å². The van der Waals surface area contributed by atoms with E-state index in [0.29, 0.717) is 6.54 Å². The Morgan fingerprint density at radius 3 is 2.69 bits per heavy atom. The summed E-state index contributed by atoms with van der Waals surface area (Å²) in [7, 11) is 0. The van der Waals surface area contributed by atoms with E-state index in [-0.39, 0.29) is 19.1 Å². The smallest absolute Gasteiger partial charge is 0.241 e. The van der Waals surface area contributed by atoms with E-state index in [2.05, 4.69) is 10.4 Å². The Bertz CT molecular complexity index is 372. The molecule has 1 heterocycles. The molecule has 0 saturated heterocycles. The topological polar surface area (TPSA) is 67.2 Å². The van der Waals surface area contributed by atoms with Gasteiger partial charge in [-0.2, -0.15) is 5.10 Å². The highest BCUT2D eigenvalue weighted by Gasteiger charge is 2.12. The number of carbonyl (C=O) groups is 1. The summed E-state index contributed by atoms with van der Waals surface area (Å²) in [6.45, 7) is 6.57. The SMILES string of the molecule is CCCNC(=O)Cn1nc(C)c(CO)c1C. The molecule has 90 valence electrons. The van der Waals surface area contributed by atoms with E-state index in [1.54, 1.807) is 4.68 Å². The molecule has 0 radical (unpaired) electrons. The Kier molecular flexibility index (Phi) is 4.49. The van der Waals surface area contributed by atoms with Crippen LogP contribution in [0.1, 0.15) is 30.3 Å². The minimum absolute atomic E-state index is 0.0335. The number of nitrogens with one attached hydrogen (secondary N) is 1. The van der Waals surface area contributed by atoms with Crippen LogP contribution in [0.25, 0.3) is 0 Å². The number of nitrogens with zero attached hydrogens (tertiary/aromatic N) is 2. The van der Waals surface area contributed by atoms with Crippen LogP contribution in [-0.2, 0) is 17.9 Å². The number of aryl methyl sites for hydroxylation is 1. The Hall–Kier alpha value is -1.36. The molecule has 1 rings (SSSR count). The maximum atomic E-state index is 11.5. The third-order valence-corrected chi connectivity index (χ3v) is 2.56. The highest BCUT2D eigenvalue weighted by Crippen LogP contribution is 2.12. The van der Waals surface area contributed by atoms with E-state index in [1.165, 1.54) is 0 Å². The van der Waals surface area contributed by atoms with Crippen LogP contribution >= 0.6 is 0 Å². The lowest BCUT2D eigenvalue weighted by Crippen LogP contribution is -2.28. The fourth-order valence-corrected chi connectivity index (χ4v) is 1.57. The first-order valence-electron chi connectivity index (χ1n) is 5.50. The monoisotopic (exact) mass is 225 g/mol. The molecule has 5 nitrogen and oxygen atoms in total. The molecule has 0 bridgehead atoms. The zero-order valence-electron chi connectivity index (χ0n) is 10.1. The largest absolute Gasteiger partial charge is 0.392 e. The normalized spacial score (nSPS) is 10.5. The first-order chi connectivity index (χ1) is 7.60. The second kappa shape index (κ2) is 5.65. The van der Waals surface area contributed by atoms with Crippen LogP contribution in [0.4, 0.5) is 0 Å². The van der Waals surface area contributed by atoms with Crippen molar-refractivity contribution in [3.63, 3.8) is 0 Å². The quantitative estimate of drug-likeness (QED) is 0.767. The number of aromatic nitrogens is 2. The second-order valence-corrected chi connectivity index (χ2v) is 3.82. The van der Waals surface area contributed by atoms with Crippen molar-refractivity contribution in [1.82, 2.24) is 15.1 Å². The summed E-state index contributed by atoms with van der Waals surface area (Å²) in [4.78, 5) is 11.5. The van der Waals surface area contributed by atoms with E-state index in [1.807, 2.05) is 20.8 Å². The van der Waals surface area contributed by atoms with E-state index in [4.69, 9.17) is 5.11 Å². The number of aliphatic hydroxyl groups excluding tert-OH is 1. The van der Waals surface area contributed by atoms with Crippen molar-refractivity contribution in [2.45, 2.75) is 40.3 Å². The molecule has 0 fully saturated rings. The van der Waals surface area contributed by atoms with Gasteiger partial charge in [0, 0.05) is 17.8 Å². The van der Waals surface area contributed by atoms with Gasteiger partial charge in [-0.1, -0.05) is 6.92 Å². The molecule has 0 saturated carbocycles. The van der Waals surface area contributed by atoms with Gasteiger partial charge in [0.25, 0.3) is 0 Å². The van der Waals surface area contributed by atoms with Gasteiger partial charge in [0.05, 0.1) is 12.3 Å². The molecular weight excluding hydrogens is 206 g/mol. The lowest BCUT2D eigenvalue weighted by atomic mass is 10.2. The molecule has 0 aliphatic carbocycles. The average molecular weight is 225 g/mol. The number of rotatable bonds is 5. The zero-order valence-corrected chi connectivity index (χ0v) is 10.1. The summed E-state index contributed by atoms with van der Waals surface area (Å²) in [5, 5.41) is 16.2. The van der Waals surface area contributed by atoms with E-state index < -0.39 is 0 Å². The highest BCUT2D eigenvalue weighted by molar-refractivity contribution is 5.75. The Balaban J connectivity index is 2.70. The predicted octanol–water partition coefficient (Wildman–Crippen LogP) is 0.518. The number of aliphatic hydroxyl groups is 1. The standard InChI is InChI=1S/C11H19N3O2/c1-4-5-12-11(16)6-14-9(3)10(7-15)8(2)13-14/h15H,4-7H2,1-3H3,(H,12,16). The molecular formula is C11H19N3O2. The maximum Gasteiger partial charge on any atom is 0.241 e. The Morgan fingerprint density at radius 1 is 1.50 bits per heavy atom. The average Bonchev–Trinajstić information content (AvgIpc) is 2.51. The lowest BCUT2D eigenvalue weighted by molar-refractivity contribution is -0.121. The van der Waals surface area contributed by atoms with Crippen molar-refractivity contribution >= 4 is 5.91 Å². The van der Waals surface area contributed by atoms with E-state index >= 15 is 0 Å². The van der Waals surface area contributed by atoms with E-state index in [0.717, 1.165) is 23.4 Å². The molecule has 1 amide bonds. The van der Waals surface area contributed by atoms with Crippen molar-refractivity contribution < 1.29 is 9.90 Å². The molecule has 0 aliphatic rings. The van der Waals surface area contributed by atoms with Crippen LogP contribution in [0.3, 0.4) is 0 Å². The Labute approximate surface area is 95.5 Å². The summed E-state index contributed by atoms with van der Waals surface area (Å²) in [5.74, 6) is -0.0445. The van der Waals surface area contributed by atoms with Gasteiger partial charge in [-0.05, 0) is 20.3 Å². The van der Waals surface area contributed by atoms with Crippen molar-refractivity contribution in [2.75, 3.05) is 6.54 Å². The summed E-state index contributed by atoms with van der Waals surface area (Å²) >= 11 is 0. The summed E-state index contributed by atoms with van der Waals surface area (Å²) < 4.78 is 1.63. The molecule has 0 spiro atoms. The fourth-order valence-electron chi connectivity index (χ4n) is 1.57. The third-order valence-electron chi connectivity index (χ3n) is 2.56. The van der Waals surface area contributed by atoms with Crippen LogP contribution in [0.5, 0.6) is 0 Å². The zero-order chi connectivity index (χ0) is 12.1. The summed E-state index contributed by atoms with van der Waals surface area (Å²) in [6, 6.07) is 0. The van der Waals surface area contributed by atoms with Crippen LogP contribution in [0.15, 0.2) is 0 Å². The summed E-state index contributed by atoms with van der Waals surface area (Å²) in [5.41, 5.74) is 2.44. The summed E-state index contributed by atoms with van der Waals surface area (Å²) in [6.07, 6.45) is 0.921. The van der Waals surface area contributed by atoms with Gasteiger partial charge in [-0.25, -0.2) is 0 Å². The van der Waals surface area contributed by atoms with Crippen molar-refractivity contribution in [1.29, 1.82) is 0 Å². The number of amides is 1. The first kappa shape index (κ1) is 12.7. The third kappa shape index (κ3) is 2.82. The molecule has 16 heavy (non-hydrogen) atoms. The van der Waals surface area contributed by atoms with Crippen molar-refractivity contribution in [3.8, 4) is 0 Å². The maximum absolute atomic E-state index is 11.5. The van der Waals surface area contributed by atoms with Crippen molar-refractivity contribution in [2.24, 2.45) is 0 Å². The van der Waals surface area contributed by atoms with Gasteiger partial charge in [0.15, 0.2) is 0 Å². The molecule has 1 aromatic rings. The van der Waals surface area contributed by atoms with Gasteiger partial charge in [0.2, 0.25) is 5.91 Å². The van der Waals surface area contributed by atoms with E-state index in [9.17, 15) is 4.79 Å². The van der Waals surface area contributed by atoms with Gasteiger partial charge < -0.3 is 10.4 Å². The predicted molar refractivity (Wildman–Crippen MR) is 60.9 cm³/mol. The van der Waals surface area contributed by atoms with Crippen molar-refractivity contribution in [3.05, 3.63) is 17.0 Å². The molecule has 5 heteroatoms. The van der Waals surface area contributed by atoms with Crippen LogP contribution in [0, 0.1) is 13.8 Å². The lowest BCUT2D eigenvalue weighted by Gasteiger charge is -2.05. The van der Waals surface area contributed by atoms with Crippen LogP contribution in [0.2, 0.25) is 0 Å². The van der Waals surface area contributed by atoms with Gasteiger partial charge in [-0.3, -0.25) is 9.48 Å². The fraction of sp³-hybridized carbons (Fsp3) is 0.636. The number of carbonyl (C=O) groups excluding carboxylic acids is 1. The van der Waals surface area contributed by atoms with Crippen LogP contribution in [-0.4, -0.2) is 27.3 Å². The first-order valence-corrected chi connectivity index (χ1v) is 5.50. The number of hydrogen-bond donors (Lipinski definition) is 2. The molecule has 2 N–H and O–H groups in total. The van der Waals surface area contributed by atoms with Gasteiger partial charge in [-0.15, -0.1) is 0 Å².